The van der Waals surface area contributed by atoms with Crippen LogP contribution in [0.25, 0.3) is 0 Å². The van der Waals surface area contributed by atoms with Crippen LogP contribution in [0.3, 0.4) is 0 Å². The molecular formula is C24H25FN4O. The number of amides is 1. The predicted molar refractivity (Wildman–Crippen MR) is 116 cm³/mol. The van der Waals surface area contributed by atoms with Crippen LogP contribution < -0.4 is 10.2 Å². The molecule has 0 radical (unpaired) electrons. The number of para-hydroxylation sites is 1. The van der Waals surface area contributed by atoms with Crippen LogP contribution in [-0.4, -0.2) is 48.5 Å². The minimum Gasteiger partial charge on any atom is -0.369 e. The van der Waals surface area contributed by atoms with E-state index in [-0.39, 0.29) is 17.8 Å². The van der Waals surface area contributed by atoms with Crippen LogP contribution in [0.15, 0.2) is 79.1 Å². The van der Waals surface area contributed by atoms with E-state index in [0.717, 1.165) is 31.7 Å². The monoisotopic (exact) mass is 404 g/mol. The average Bonchev–Trinajstić information content (AvgIpc) is 2.81. The number of hydrogen-bond acceptors (Lipinski definition) is 4. The van der Waals surface area contributed by atoms with Crippen molar-refractivity contribution in [3.63, 3.8) is 0 Å². The molecule has 1 N–H and O–H groups in total. The Kier molecular flexibility index (Phi) is 6.35. The second kappa shape index (κ2) is 9.50. The Morgan fingerprint density at radius 1 is 0.967 bits per heavy atom. The Bertz CT molecular complexity index is 942. The number of anilines is 1. The summed E-state index contributed by atoms with van der Waals surface area (Å²) in [7, 11) is 0. The Labute approximate surface area is 176 Å². The van der Waals surface area contributed by atoms with Crippen molar-refractivity contribution in [1.82, 2.24) is 15.2 Å². The highest BCUT2D eigenvalue weighted by atomic mass is 19.1. The number of pyridine rings is 1. The molecule has 2 aromatic carbocycles. The van der Waals surface area contributed by atoms with Gasteiger partial charge in [0, 0.05) is 56.4 Å². The van der Waals surface area contributed by atoms with E-state index in [1.54, 1.807) is 6.20 Å². The summed E-state index contributed by atoms with van der Waals surface area (Å²) in [6.07, 6.45) is 3.61. The molecule has 4 rings (SSSR count). The van der Waals surface area contributed by atoms with Gasteiger partial charge in [-0.3, -0.25) is 14.7 Å². The van der Waals surface area contributed by atoms with Crippen molar-refractivity contribution in [3.8, 4) is 0 Å². The molecule has 1 saturated heterocycles. The molecule has 1 amide bonds. The molecule has 2 heterocycles. The van der Waals surface area contributed by atoms with Gasteiger partial charge in [0.15, 0.2) is 0 Å². The smallest absolute Gasteiger partial charge is 0.251 e. The zero-order valence-electron chi connectivity index (χ0n) is 16.7. The zero-order valence-corrected chi connectivity index (χ0v) is 16.7. The fourth-order valence-electron chi connectivity index (χ4n) is 3.85. The molecule has 1 aromatic heterocycles. The lowest BCUT2D eigenvalue weighted by Crippen LogP contribution is -2.50. The third-order valence-electron chi connectivity index (χ3n) is 5.51. The number of rotatable bonds is 6. The quantitative estimate of drug-likeness (QED) is 0.683. The van der Waals surface area contributed by atoms with Crippen LogP contribution >= 0.6 is 0 Å². The number of piperazine rings is 1. The van der Waals surface area contributed by atoms with E-state index in [4.69, 9.17) is 0 Å². The van der Waals surface area contributed by atoms with Gasteiger partial charge in [0.05, 0.1) is 6.04 Å². The second-order valence-corrected chi connectivity index (χ2v) is 7.38. The first-order valence-corrected chi connectivity index (χ1v) is 10.2. The maximum Gasteiger partial charge on any atom is 0.251 e. The maximum absolute atomic E-state index is 13.1. The summed E-state index contributed by atoms with van der Waals surface area (Å²) in [5.74, 6) is -0.553. The first-order chi connectivity index (χ1) is 14.7. The molecule has 1 aliphatic heterocycles. The number of benzene rings is 2. The Balaban J connectivity index is 1.43. The van der Waals surface area contributed by atoms with E-state index in [1.807, 2.05) is 24.4 Å². The van der Waals surface area contributed by atoms with Gasteiger partial charge in [0.25, 0.3) is 5.91 Å². The van der Waals surface area contributed by atoms with E-state index < -0.39 is 0 Å². The summed E-state index contributed by atoms with van der Waals surface area (Å²) >= 11 is 0. The summed E-state index contributed by atoms with van der Waals surface area (Å²) in [6.45, 7) is 4.09. The van der Waals surface area contributed by atoms with Crippen LogP contribution in [-0.2, 0) is 0 Å². The predicted octanol–water partition coefficient (Wildman–Crippen LogP) is 3.51. The molecule has 5 nitrogen and oxygen atoms in total. The molecule has 3 aromatic rings. The van der Waals surface area contributed by atoms with Gasteiger partial charge in [-0.1, -0.05) is 24.3 Å². The van der Waals surface area contributed by atoms with Crippen LogP contribution in [0.5, 0.6) is 0 Å². The summed E-state index contributed by atoms with van der Waals surface area (Å²) < 4.78 is 13.1. The molecule has 0 saturated carbocycles. The Hall–Kier alpha value is -3.25. The number of hydrogen-bond donors (Lipinski definition) is 1. The van der Waals surface area contributed by atoms with Crippen molar-refractivity contribution in [2.24, 2.45) is 0 Å². The fourth-order valence-corrected chi connectivity index (χ4v) is 3.85. The lowest BCUT2D eigenvalue weighted by molar-refractivity contribution is 0.0930. The number of nitrogens with one attached hydrogen (secondary N) is 1. The number of carbonyl (C=O) groups excluding carboxylic acids is 1. The third kappa shape index (κ3) is 4.83. The fraction of sp³-hybridized carbons (Fsp3) is 0.250. The van der Waals surface area contributed by atoms with Crippen LogP contribution in [0.4, 0.5) is 10.1 Å². The van der Waals surface area contributed by atoms with E-state index in [2.05, 4.69) is 44.4 Å². The van der Waals surface area contributed by atoms with E-state index in [0.29, 0.717) is 12.1 Å². The molecule has 0 bridgehead atoms. The van der Waals surface area contributed by atoms with Crippen molar-refractivity contribution < 1.29 is 9.18 Å². The maximum atomic E-state index is 13.1. The van der Waals surface area contributed by atoms with Gasteiger partial charge < -0.3 is 10.2 Å². The molecule has 1 fully saturated rings. The minimum atomic E-state index is -0.351. The van der Waals surface area contributed by atoms with Crippen LogP contribution in [0.2, 0.25) is 0 Å². The van der Waals surface area contributed by atoms with E-state index in [9.17, 15) is 9.18 Å². The second-order valence-electron chi connectivity index (χ2n) is 7.38. The van der Waals surface area contributed by atoms with Gasteiger partial charge in [-0.25, -0.2) is 4.39 Å². The highest BCUT2D eigenvalue weighted by molar-refractivity contribution is 5.94. The largest absolute Gasteiger partial charge is 0.369 e. The van der Waals surface area contributed by atoms with Crippen molar-refractivity contribution >= 4 is 11.6 Å². The first kappa shape index (κ1) is 20.0. The lowest BCUT2D eigenvalue weighted by atomic mass is 10.1. The third-order valence-corrected chi connectivity index (χ3v) is 5.51. The summed E-state index contributed by atoms with van der Waals surface area (Å²) in [4.78, 5) is 21.6. The highest BCUT2D eigenvalue weighted by Gasteiger charge is 2.26. The summed E-state index contributed by atoms with van der Waals surface area (Å²) in [5.41, 5.74) is 2.76. The average molecular weight is 404 g/mol. The minimum absolute atomic E-state index is 0.0287. The normalized spacial score (nSPS) is 15.6. The molecule has 6 heteroatoms. The van der Waals surface area contributed by atoms with Gasteiger partial charge in [-0.2, -0.15) is 0 Å². The number of nitrogens with zero attached hydrogens (tertiary/aromatic N) is 3. The molecule has 0 aliphatic carbocycles. The first-order valence-electron chi connectivity index (χ1n) is 10.2. The summed E-state index contributed by atoms with van der Waals surface area (Å²) in [5, 5.41) is 3.01. The van der Waals surface area contributed by atoms with E-state index >= 15 is 0 Å². The van der Waals surface area contributed by atoms with Gasteiger partial charge in [0.2, 0.25) is 0 Å². The van der Waals surface area contributed by atoms with Crippen molar-refractivity contribution in [2.75, 3.05) is 37.6 Å². The molecule has 1 atom stereocenters. The molecular weight excluding hydrogens is 379 g/mol. The van der Waals surface area contributed by atoms with Crippen LogP contribution in [0, 0.1) is 5.82 Å². The van der Waals surface area contributed by atoms with Crippen molar-refractivity contribution in [3.05, 3.63) is 96.1 Å². The summed E-state index contributed by atoms with van der Waals surface area (Å²) in [6, 6.07) is 20.0. The van der Waals surface area contributed by atoms with Gasteiger partial charge in [0.1, 0.15) is 5.82 Å². The lowest BCUT2D eigenvalue weighted by Gasteiger charge is -2.40. The number of halogens is 1. The molecule has 0 unspecified atom stereocenters. The number of carbonyl (C=O) groups is 1. The topological polar surface area (TPSA) is 48.5 Å². The molecule has 30 heavy (non-hydrogen) atoms. The SMILES string of the molecule is O=C(NC[C@@H](c1cccnc1)N1CCN(c2ccccc2)CC1)c1ccc(F)cc1. The van der Waals surface area contributed by atoms with Crippen molar-refractivity contribution in [2.45, 2.75) is 6.04 Å². The Morgan fingerprint density at radius 3 is 2.37 bits per heavy atom. The highest BCUT2D eigenvalue weighted by Crippen LogP contribution is 2.23. The van der Waals surface area contributed by atoms with E-state index in [1.165, 1.54) is 30.0 Å². The van der Waals surface area contributed by atoms with Crippen molar-refractivity contribution in [1.29, 1.82) is 0 Å². The Morgan fingerprint density at radius 2 is 1.70 bits per heavy atom. The number of aromatic nitrogens is 1. The zero-order chi connectivity index (χ0) is 20.8. The van der Waals surface area contributed by atoms with Gasteiger partial charge in [-0.05, 0) is 48.0 Å². The molecule has 1 aliphatic rings. The van der Waals surface area contributed by atoms with Gasteiger partial charge >= 0.3 is 0 Å². The standard InChI is InChI=1S/C24H25FN4O/c25-21-10-8-19(9-11-21)24(30)27-18-23(20-5-4-12-26-17-20)29-15-13-28(14-16-29)22-6-2-1-3-7-22/h1-12,17,23H,13-16,18H2,(H,27,30)/t23-/m0/s1. The van der Waals surface area contributed by atoms with Gasteiger partial charge in [-0.15, -0.1) is 0 Å². The molecule has 0 spiro atoms. The van der Waals surface area contributed by atoms with Crippen LogP contribution in [0.1, 0.15) is 22.0 Å². The molecule has 154 valence electrons.